The van der Waals surface area contributed by atoms with Gasteiger partial charge in [0, 0.05) is 58.5 Å². The maximum Gasteiger partial charge on any atom is 0.131 e. The number of ether oxygens (including phenoxy) is 1. The van der Waals surface area contributed by atoms with Crippen molar-refractivity contribution in [1.29, 1.82) is 0 Å². The third-order valence-corrected chi connectivity index (χ3v) is 5.51. The number of H-pyrrole nitrogens is 1. The summed E-state index contributed by atoms with van der Waals surface area (Å²) in [5, 5.41) is 0.967. The number of halogens is 3. The monoisotopic (exact) mass is 492 g/mol. The molecule has 0 saturated carbocycles. The van der Waals surface area contributed by atoms with E-state index >= 15 is 0 Å². The largest absolute Gasteiger partial charge is 0.496 e. The molecule has 1 N–H and O–H groups in total. The molecule has 0 amide bonds. The lowest BCUT2D eigenvalue weighted by Crippen LogP contribution is -2.06. The molecule has 0 aliphatic rings. The molecule has 0 spiro atoms. The van der Waals surface area contributed by atoms with Crippen LogP contribution in [-0.4, -0.2) is 27.0 Å². The number of benzene rings is 1. The summed E-state index contributed by atoms with van der Waals surface area (Å²) in [5.41, 5.74) is 3.67. The normalized spacial score (nSPS) is 11.7. The van der Waals surface area contributed by atoms with Crippen molar-refractivity contribution in [2.75, 3.05) is 7.11 Å². The van der Waals surface area contributed by atoms with E-state index in [9.17, 15) is 0 Å². The SMILES string of the molecule is COc1c(C(C)c2nc(Br)cc(Cl)ncc[nH]2)cc(Cl)c(C)c1-c1cccnc1. The van der Waals surface area contributed by atoms with Gasteiger partial charge < -0.3 is 9.72 Å². The van der Waals surface area contributed by atoms with Crippen molar-refractivity contribution in [1.82, 2.24) is 19.9 Å². The van der Waals surface area contributed by atoms with Crippen molar-refractivity contribution in [2.24, 2.45) is 0 Å². The van der Waals surface area contributed by atoms with Gasteiger partial charge in [-0.1, -0.05) is 36.2 Å². The Balaban J connectivity index is 2.24. The number of hydrogen-bond donors (Lipinski definition) is 1. The summed E-state index contributed by atoms with van der Waals surface area (Å²) in [6.45, 7) is 4.00. The maximum atomic E-state index is 6.61. The van der Waals surface area contributed by atoms with Gasteiger partial charge >= 0.3 is 0 Å². The van der Waals surface area contributed by atoms with Crippen molar-refractivity contribution in [3.63, 3.8) is 0 Å². The van der Waals surface area contributed by atoms with Crippen molar-refractivity contribution < 1.29 is 4.74 Å². The molecule has 2 aromatic heterocycles. The summed E-state index contributed by atoms with van der Waals surface area (Å²) in [6, 6.07) is 7.42. The molecule has 1 aromatic carbocycles. The topological polar surface area (TPSA) is 63.7 Å². The summed E-state index contributed by atoms with van der Waals surface area (Å²) in [4.78, 5) is 16.1. The first-order valence-corrected chi connectivity index (χ1v) is 10.3. The Morgan fingerprint density at radius 1 is 1.21 bits per heavy atom. The second-order valence-corrected chi connectivity index (χ2v) is 7.93. The van der Waals surface area contributed by atoms with Crippen LogP contribution in [0.1, 0.15) is 29.8 Å². The summed E-state index contributed by atoms with van der Waals surface area (Å²) in [6.07, 6.45) is 6.79. The maximum absolute atomic E-state index is 6.61. The predicted octanol–water partition coefficient (Wildman–Crippen LogP) is 6.53. The molecule has 8 heteroatoms. The molecule has 5 nitrogen and oxygen atoms in total. The number of pyridine rings is 1. The first kappa shape index (κ1) is 21.6. The molecule has 1 atom stereocenters. The van der Waals surface area contributed by atoms with E-state index in [4.69, 9.17) is 27.9 Å². The summed E-state index contributed by atoms with van der Waals surface area (Å²) in [7, 11) is 1.65. The van der Waals surface area contributed by atoms with E-state index in [0.717, 1.165) is 28.0 Å². The molecule has 0 fully saturated rings. The third kappa shape index (κ3) is 4.89. The smallest absolute Gasteiger partial charge is 0.131 e. The summed E-state index contributed by atoms with van der Waals surface area (Å²) >= 11 is 16.1. The Bertz CT molecular complexity index is 1070. The minimum absolute atomic E-state index is 0.166. The average Bonchev–Trinajstić information content (AvgIpc) is 2.79. The quantitative estimate of drug-likeness (QED) is 0.448. The third-order valence-electron chi connectivity index (χ3n) is 4.50. The number of methoxy groups -OCH3 is 1. The van der Waals surface area contributed by atoms with Gasteiger partial charge in [-0.15, -0.1) is 0 Å². The molecule has 1 unspecified atom stereocenters. The van der Waals surface area contributed by atoms with Crippen LogP contribution < -0.4 is 4.74 Å². The van der Waals surface area contributed by atoms with Crippen LogP contribution in [0.2, 0.25) is 10.2 Å². The highest BCUT2D eigenvalue weighted by atomic mass is 79.9. The zero-order valence-electron chi connectivity index (χ0n) is 16.1. The molecular formula is C21H19BrCl2N4O. The van der Waals surface area contributed by atoms with Crippen LogP contribution in [0.25, 0.3) is 11.1 Å². The number of nitrogens with one attached hydrogen (secondary N) is 1. The Morgan fingerprint density at radius 2 is 2.00 bits per heavy atom. The van der Waals surface area contributed by atoms with Crippen molar-refractivity contribution in [3.05, 3.63) is 80.8 Å². The van der Waals surface area contributed by atoms with E-state index < -0.39 is 0 Å². The molecule has 0 saturated heterocycles. The summed E-state index contributed by atoms with van der Waals surface area (Å²) < 4.78 is 6.40. The highest BCUT2D eigenvalue weighted by Crippen LogP contribution is 2.43. The van der Waals surface area contributed by atoms with Crippen LogP contribution in [0, 0.1) is 6.92 Å². The van der Waals surface area contributed by atoms with Gasteiger partial charge in [0.25, 0.3) is 0 Å². The van der Waals surface area contributed by atoms with E-state index in [1.54, 1.807) is 38.0 Å². The zero-order chi connectivity index (χ0) is 21.0. The van der Waals surface area contributed by atoms with Gasteiger partial charge in [0.15, 0.2) is 0 Å². The minimum Gasteiger partial charge on any atom is -0.496 e. The molecule has 0 radical (unpaired) electrons. The number of rotatable bonds is 4. The lowest BCUT2D eigenvalue weighted by Gasteiger charge is -2.21. The lowest BCUT2D eigenvalue weighted by molar-refractivity contribution is 0.409. The predicted molar refractivity (Wildman–Crippen MR) is 120 cm³/mol. The van der Waals surface area contributed by atoms with Crippen LogP contribution in [-0.2, 0) is 0 Å². The van der Waals surface area contributed by atoms with Gasteiger partial charge in [0.1, 0.15) is 21.3 Å². The van der Waals surface area contributed by atoms with Crippen molar-refractivity contribution >= 4 is 39.1 Å². The van der Waals surface area contributed by atoms with E-state index in [1.165, 1.54) is 0 Å². The van der Waals surface area contributed by atoms with Crippen LogP contribution in [0.15, 0.2) is 53.7 Å². The fourth-order valence-corrected chi connectivity index (χ4v) is 3.97. The fraction of sp³-hybridized carbons (Fsp3) is 0.190. The average molecular weight is 494 g/mol. The highest BCUT2D eigenvalue weighted by molar-refractivity contribution is 9.10. The molecule has 29 heavy (non-hydrogen) atoms. The number of hydrogen-bond acceptors (Lipinski definition) is 4. The van der Waals surface area contributed by atoms with Crippen LogP contribution >= 0.6 is 39.1 Å². The number of aromatic nitrogens is 4. The van der Waals surface area contributed by atoms with E-state index in [2.05, 4.69) is 35.9 Å². The summed E-state index contributed by atoms with van der Waals surface area (Å²) in [5.74, 6) is 1.25. The highest BCUT2D eigenvalue weighted by Gasteiger charge is 2.22. The second kappa shape index (κ2) is 9.57. The zero-order valence-corrected chi connectivity index (χ0v) is 19.2. The Kier molecular flexibility index (Phi) is 7.11. The Morgan fingerprint density at radius 3 is 2.69 bits per heavy atom. The van der Waals surface area contributed by atoms with Gasteiger partial charge in [0.2, 0.25) is 0 Å². The molecule has 3 aromatic rings. The van der Waals surface area contributed by atoms with Gasteiger partial charge in [-0.05, 0) is 40.5 Å². The molecule has 3 rings (SSSR count). The molecule has 0 bridgehead atoms. The van der Waals surface area contributed by atoms with E-state index in [1.807, 2.05) is 32.0 Å². The van der Waals surface area contributed by atoms with E-state index in [0.29, 0.717) is 20.6 Å². The van der Waals surface area contributed by atoms with Gasteiger partial charge in [0.05, 0.1) is 7.11 Å². The molecule has 2 heterocycles. The molecule has 150 valence electrons. The Hall–Kier alpha value is -2.15. The van der Waals surface area contributed by atoms with Gasteiger partial charge in [-0.3, -0.25) is 4.98 Å². The Labute approximate surface area is 188 Å². The van der Waals surface area contributed by atoms with Crippen molar-refractivity contribution in [3.8, 4) is 16.9 Å². The second-order valence-electron chi connectivity index (χ2n) is 6.32. The van der Waals surface area contributed by atoms with Crippen LogP contribution in [0.3, 0.4) is 0 Å². The molecular weight excluding hydrogens is 475 g/mol. The standard InChI is InChI=1S/C21H19BrCl2N4O/c1-12(21-27-8-7-26-18(24)10-17(22)28-21)15-9-16(23)13(2)19(20(15)29-3)14-5-4-6-25-11-14/h4-12H,1-3H3,(H,27,28). The van der Waals surface area contributed by atoms with Crippen LogP contribution in [0.4, 0.5) is 0 Å². The van der Waals surface area contributed by atoms with Gasteiger partial charge in [-0.25, -0.2) is 9.97 Å². The number of nitrogens with zero attached hydrogens (tertiary/aromatic N) is 3. The first-order chi connectivity index (χ1) is 13.9. The van der Waals surface area contributed by atoms with Crippen LogP contribution in [0.5, 0.6) is 5.75 Å². The molecule has 0 aliphatic carbocycles. The van der Waals surface area contributed by atoms with Crippen molar-refractivity contribution in [2.45, 2.75) is 19.8 Å². The van der Waals surface area contributed by atoms with Gasteiger partial charge in [-0.2, -0.15) is 0 Å². The van der Waals surface area contributed by atoms with E-state index in [-0.39, 0.29) is 5.92 Å². The number of aromatic amines is 1. The first-order valence-electron chi connectivity index (χ1n) is 8.80. The minimum atomic E-state index is -0.166. The lowest BCUT2D eigenvalue weighted by atomic mass is 9.91. The fourth-order valence-electron chi connectivity index (χ4n) is 3.06. The molecule has 0 aliphatic heterocycles.